The highest BCUT2D eigenvalue weighted by molar-refractivity contribution is 6.32. The number of halogens is 1. The standard InChI is InChI=1S/C14H18ClN5/c1-9(13-16-17-18-19(13)4)20-8-14(2,3)12-10(15)6-5-7-11(12)20/h5-7,9H,8H2,1-4H3. The van der Waals surface area contributed by atoms with E-state index in [4.69, 9.17) is 11.6 Å². The molecule has 0 saturated carbocycles. The van der Waals surface area contributed by atoms with Gasteiger partial charge in [0.05, 0.1) is 6.04 Å². The van der Waals surface area contributed by atoms with Gasteiger partial charge in [-0.3, -0.25) is 0 Å². The van der Waals surface area contributed by atoms with Crippen molar-refractivity contribution in [3.8, 4) is 0 Å². The van der Waals surface area contributed by atoms with Crippen molar-refractivity contribution in [1.82, 2.24) is 20.2 Å². The number of hydrogen-bond donors (Lipinski definition) is 0. The van der Waals surface area contributed by atoms with Gasteiger partial charge in [0.15, 0.2) is 5.82 Å². The molecule has 1 unspecified atom stereocenters. The fraction of sp³-hybridized carbons (Fsp3) is 0.500. The van der Waals surface area contributed by atoms with Gasteiger partial charge in [-0.1, -0.05) is 31.5 Å². The molecule has 1 aromatic heterocycles. The molecule has 2 heterocycles. The van der Waals surface area contributed by atoms with E-state index in [0.29, 0.717) is 0 Å². The van der Waals surface area contributed by atoms with Crippen molar-refractivity contribution in [2.75, 3.05) is 11.4 Å². The first-order valence-electron chi connectivity index (χ1n) is 6.70. The van der Waals surface area contributed by atoms with E-state index in [2.05, 4.69) is 47.3 Å². The molecule has 5 nitrogen and oxygen atoms in total. The number of nitrogens with zero attached hydrogens (tertiary/aromatic N) is 5. The lowest BCUT2D eigenvalue weighted by molar-refractivity contribution is 0.510. The van der Waals surface area contributed by atoms with Crippen LogP contribution in [-0.2, 0) is 12.5 Å². The Bertz CT molecular complexity index is 649. The van der Waals surface area contributed by atoms with Crippen LogP contribution in [0.1, 0.15) is 38.2 Å². The fourth-order valence-corrected chi connectivity index (χ4v) is 3.51. The number of hydrogen-bond acceptors (Lipinski definition) is 4. The lowest BCUT2D eigenvalue weighted by Gasteiger charge is -2.27. The van der Waals surface area contributed by atoms with E-state index in [0.717, 1.165) is 17.4 Å². The highest BCUT2D eigenvalue weighted by Gasteiger charge is 2.39. The Kier molecular flexibility index (Phi) is 2.97. The zero-order valence-corrected chi connectivity index (χ0v) is 12.9. The molecule has 1 aromatic carbocycles. The Hall–Kier alpha value is -1.62. The molecule has 0 radical (unpaired) electrons. The molecular weight excluding hydrogens is 274 g/mol. The topological polar surface area (TPSA) is 46.8 Å². The minimum Gasteiger partial charge on any atom is -0.360 e. The van der Waals surface area contributed by atoms with Crippen LogP contribution in [0.5, 0.6) is 0 Å². The summed E-state index contributed by atoms with van der Waals surface area (Å²) in [5, 5.41) is 12.6. The van der Waals surface area contributed by atoms with E-state index in [1.165, 1.54) is 11.3 Å². The first-order chi connectivity index (χ1) is 9.42. The molecule has 0 saturated heterocycles. The quantitative estimate of drug-likeness (QED) is 0.853. The van der Waals surface area contributed by atoms with Gasteiger partial charge in [0, 0.05) is 35.3 Å². The van der Waals surface area contributed by atoms with E-state index in [1.807, 2.05) is 19.2 Å². The highest BCUT2D eigenvalue weighted by atomic mass is 35.5. The molecule has 106 valence electrons. The van der Waals surface area contributed by atoms with Crippen LogP contribution in [0.25, 0.3) is 0 Å². The minimum absolute atomic E-state index is 0.0218. The van der Waals surface area contributed by atoms with Crippen molar-refractivity contribution in [3.05, 3.63) is 34.6 Å². The van der Waals surface area contributed by atoms with E-state index < -0.39 is 0 Å². The van der Waals surface area contributed by atoms with Crippen LogP contribution in [0.4, 0.5) is 5.69 Å². The predicted molar refractivity (Wildman–Crippen MR) is 79.0 cm³/mol. The molecule has 0 N–H and O–H groups in total. The first kappa shape index (κ1) is 13.4. The van der Waals surface area contributed by atoms with Gasteiger partial charge in [-0.2, -0.15) is 0 Å². The van der Waals surface area contributed by atoms with Crippen molar-refractivity contribution < 1.29 is 0 Å². The van der Waals surface area contributed by atoms with Gasteiger partial charge in [-0.15, -0.1) is 5.10 Å². The summed E-state index contributed by atoms with van der Waals surface area (Å²) in [6, 6.07) is 6.18. The lowest BCUT2D eigenvalue weighted by atomic mass is 9.87. The molecule has 3 rings (SSSR count). The zero-order chi connectivity index (χ0) is 14.5. The van der Waals surface area contributed by atoms with Gasteiger partial charge >= 0.3 is 0 Å². The molecule has 0 fully saturated rings. The SMILES string of the molecule is CC(c1nnnn1C)N1CC(C)(C)c2c(Cl)cccc21. The third kappa shape index (κ3) is 1.88. The van der Waals surface area contributed by atoms with Crippen LogP contribution in [0.2, 0.25) is 5.02 Å². The minimum atomic E-state index is 0.0218. The normalized spacial score (nSPS) is 18.1. The smallest absolute Gasteiger partial charge is 0.173 e. The van der Waals surface area contributed by atoms with Crippen LogP contribution in [-0.4, -0.2) is 26.8 Å². The monoisotopic (exact) mass is 291 g/mol. The van der Waals surface area contributed by atoms with E-state index in [1.54, 1.807) is 4.68 Å². The molecule has 1 aliphatic heterocycles. The molecule has 0 amide bonds. The van der Waals surface area contributed by atoms with E-state index >= 15 is 0 Å². The zero-order valence-electron chi connectivity index (χ0n) is 12.1. The van der Waals surface area contributed by atoms with Crippen molar-refractivity contribution >= 4 is 17.3 Å². The number of tetrazole rings is 1. The molecule has 1 aliphatic rings. The summed E-state index contributed by atoms with van der Waals surface area (Å²) in [6.45, 7) is 7.47. The molecule has 0 spiro atoms. The second kappa shape index (κ2) is 4.45. The second-order valence-corrected chi connectivity index (χ2v) is 6.39. The van der Waals surface area contributed by atoms with Crippen molar-refractivity contribution in [2.24, 2.45) is 7.05 Å². The van der Waals surface area contributed by atoms with Crippen LogP contribution >= 0.6 is 11.6 Å². The Balaban J connectivity index is 2.07. The summed E-state index contributed by atoms with van der Waals surface area (Å²) >= 11 is 6.41. The van der Waals surface area contributed by atoms with Crippen LogP contribution in [0.15, 0.2) is 18.2 Å². The van der Waals surface area contributed by atoms with Crippen LogP contribution < -0.4 is 4.90 Å². The van der Waals surface area contributed by atoms with Crippen molar-refractivity contribution in [1.29, 1.82) is 0 Å². The number of benzene rings is 1. The third-order valence-corrected chi connectivity index (χ3v) is 4.35. The Morgan fingerprint density at radius 3 is 2.75 bits per heavy atom. The summed E-state index contributed by atoms with van der Waals surface area (Å²) in [5.41, 5.74) is 2.41. The van der Waals surface area contributed by atoms with E-state index in [9.17, 15) is 0 Å². The van der Waals surface area contributed by atoms with Crippen molar-refractivity contribution in [2.45, 2.75) is 32.2 Å². The third-order valence-electron chi connectivity index (χ3n) is 4.04. The summed E-state index contributed by atoms with van der Waals surface area (Å²) < 4.78 is 1.72. The molecule has 2 aromatic rings. The van der Waals surface area contributed by atoms with Gasteiger partial charge in [-0.05, 0) is 29.5 Å². The Labute approximate surface area is 123 Å². The second-order valence-electron chi connectivity index (χ2n) is 5.98. The number of aryl methyl sites for hydroxylation is 1. The molecule has 0 aliphatic carbocycles. The Morgan fingerprint density at radius 2 is 2.10 bits per heavy atom. The van der Waals surface area contributed by atoms with E-state index in [-0.39, 0.29) is 11.5 Å². The van der Waals surface area contributed by atoms with Gasteiger partial charge in [0.1, 0.15) is 0 Å². The lowest BCUT2D eigenvalue weighted by Crippen LogP contribution is -2.32. The summed E-state index contributed by atoms with van der Waals surface area (Å²) in [4.78, 5) is 2.33. The van der Waals surface area contributed by atoms with Crippen LogP contribution in [0.3, 0.4) is 0 Å². The number of fused-ring (bicyclic) bond motifs is 1. The first-order valence-corrected chi connectivity index (χ1v) is 7.07. The number of aromatic nitrogens is 4. The number of rotatable bonds is 2. The summed E-state index contributed by atoms with van der Waals surface area (Å²) in [6.07, 6.45) is 0. The number of anilines is 1. The van der Waals surface area contributed by atoms with Gasteiger partial charge < -0.3 is 4.90 Å². The van der Waals surface area contributed by atoms with Crippen molar-refractivity contribution in [3.63, 3.8) is 0 Å². The van der Waals surface area contributed by atoms with Crippen LogP contribution in [0, 0.1) is 0 Å². The average molecular weight is 292 g/mol. The maximum Gasteiger partial charge on any atom is 0.173 e. The summed E-state index contributed by atoms with van der Waals surface area (Å²) in [7, 11) is 1.87. The predicted octanol–water partition coefficient (Wildman–Crippen LogP) is 2.72. The summed E-state index contributed by atoms with van der Waals surface area (Å²) in [5.74, 6) is 0.855. The molecule has 0 bridgehead atoms. The average Bonchev–Trinajstić information content (AvgIpc) is 2.91. The molecule has 1 atom stereocenters. The Morgan fingerprint density at radius 1 is 1.35 bits per heavy atom. The highest BCUT2D eigenvalue weighted by Crippen LogP contribution is 2.46. The van der Waals surface area contributed by atoms with Gasteiger partial charge in [-0.25, -0.2) is 4.68 Å². The fourth-order valence-electron chi connectivity index (χ4n) is 3.09. The maximum atomic E-state index is 6.41. The van der Waals surface area contributed by atoms with Gasteiger partial charge in [0.2, 0.25) is 0 Å². The maximum absolute atomic E-state index is 6.41. The largest absolute Gasteiger partial charge is 0.360 e. The molecule has 20 heavy (non-hydrogen) atoms. The van der Waals surface area contributed by atoms with Gasteiger partial charge in [0.25, 0.3) is 0 Å². The molecular formula is C14H18ClN5. The molecule has 6 heteroatoms.